The highest BCUT2D eigenvalue weighted by molar-refractivity contribution is 8.01. The van der Waals surface area contributed by atoms with Crippen LogP contribution < -0.4 is 10.6 Å². The van der Waals surface area contributed by atoms with Gasteiger partial charge in [-0.2, -0.15) is 0 Å². The first kappa shape index (κ1) is 16.9. The van der Waals surface area contributed by atoms with Gasteiger partial charge in [-0.1, -0.05) is 18.2 Å². The van der Waals surface area contributed by atoms with E-state index in [0.717, 1.165) is 13.0 Å². The van der Waals surface area contributed by atoms with Crippen LogP contribution in [0.4, 0.5) is 0 Å². The van der Waals surface area contributed by atoms with Crippen LogP contribution in [0.3, 0.4) is 0 Å². The number of nitrogens with zero attached hydrogens (tertiary/aromatic N) is 1. The predicted octanol–water partition coefficient (Wildman–Crippen LogP) is 2.16. The molecule has 1 saturated heterocycles. The van der Waals surface area contributed by atoms with Gasteiger partial charge in [0.1, 0.15) is 6.04 Å². The highest BCUT2D eigenvalue weighted by Gasteiger charge is 2.37. The molecule has 2 heterocycles. The van der Waals surface area contributed by atoms with Crippen molar-refractivity contribution in [3.63, 3.8) is 0 Å². The van der Waals surface area contributed by atoms with Gasteiger partial charge in [0.25, 0.3) is 0 Å². The number of thioether (sulfide) groups is 1. The number of nitrogens with one attached hydrogen (secondary N) is 2. The van der Waals surface area contributed by atoms with E-state index in [4.69, 9.17) is 0 Å². The summed E-state index contributed by atoms with van der Waals surface area (Å²) in [6, 6.07) is 9.94. The second-order valence-corrected chi connectivity index (χ2v) is 8.20. The number of aryl methyl sites for hydroxylation is 1. The molecule has 1 aliphatic rings. The number of carbonyl (C=O) groups is 2. The molecule has 5 nitrogen and oxygen atoms in total. The van der Waals surface area contributed by atoms with Gasteiger partial charge in [-0.15, -0.1) is 11.8 Å². The molecular weight excluding hydrogens is 322 g/mol. The normalized spacial score (nSPS) is 19.9. The first-order valence-corrected chi connectivity index (χ1v) is 9.22. The Morgan fingerprint density at radius 3 is 2.96 bits per heavy atom. The van der Waals surface area contributed by atoms with E-state index in [1.165, 1.54) is 22.7 Å². The number of aromatic nitrogens is 1. The monoisotopic (exact) mass is 345 g/mol. The Bertz CT molecular complexity index is 754. The Morgan fingerprint density at radius 1 is 1.38 bits per heavy atom. The van der Waals surface area contributed by atoms with E-state index in [1.807, 2.05) is 26.0 Å². The molecule has 1 aromatic heterocycles. The lowest BCUT2D eigenvalue weighted by Gasteiger charge is -2.32. The fraction of sp³-hybridized carbons (Fsp3) is 0.444. The van der Waals surface area contributed by atoms with Crippen molar-refractivity contribution in [3.8, 4) is 0 Å². The summed E-state index contributed by atoms with van der Waals surface area (Å²) in [6.45, 7) is 5.21. The van der Waals surface area contributed by atoms with Gasteiger partial charge >= 0.3 is 0 Å². The van der Waals surface area contributed by atoms with Crippen molar-refractivity contribution < 1.29 is 9.59 Å². The molecule has 2 N–H and O–H groups in total. The fourth-order valence-corrected chi connectivity index (χ4v) is 3.80. The lowest BCUT2D eigenvalue weighted by molar-refractivity contribution is -0.129. The predicted molar refractivity (Wildman–Crippen MR) is 98.0 cm³/mol. The molecule has 1 atom stereocenters. The standard InChI is InChI=1S/C18H23N3O2S/c1-18(2)17(23)20-14(12-24-18)16(22)19-9-5-10-21-11-8-13-6-3-4-7-15(13)21/h3-4,6-8,11,14H,5,9-10,12H2,1-2H3,(H,19,22)(H,20,23)/t14-/m0/s1. The Labute approximate surface area is 146 Å². The van der Waals surface area contributed by atoms with Gasteiger partial charge < -0.3 is 15.2 Å². The van der Waals surface area contributed by atoms with Gasteiger partial charge in [-0.3, -0.25) is 9.59 Å². The van der Waals surface area contributed by atoms with E-state index in [9.17, 15) is 9.59 Å². The Balaban J connectivity index is 1.45. The van der Waals surface area contributed by atoms with Gasteiger partial charge in [-0.25, -0.2) is 0 Å². The largest absolute Gasteiger partial charge is 0.354 e. The third-order valence-corrected chi connectivity index (χ3v) is 5.74. The molecule has 24 heavy (non-hydrogen) atoms. The maximum atomic E-state index is 12.2. The van der Waals surface area contributed by atoms with Crippen LogP contribution >= 0.6 is 11.8 Å². The minimum Gasteiger partial charge on any atom is -0.354 e. The number of amides is 2. The molecule has 2 aromatic rings. The minimum absolute atomic E-state index is 0.0716. The quantitative estimate of drug-likeness (QED) is 0.816. The second kappa shape index (κ2) is 6.89. The van der Waals surface area contributed by atoms with Crippen LogP contribution in [0.2, 0.25) is 0 Å². The molecule has 0 radical (unpaired) electrons. The number of benzene rings is 1. The SMILES string of the molecule is CC1(C)SC[C@@H](C(=O)NCCCn2ccc3ccccc32)NC1=O. The topological polar surface area (TPSA) is 63.1 Å². The van der Waals surface area contributed by atoms with Crippen LogP contribution in [0.1, 0.15) is 20.3 Å². The highest BCUT2D eigenvalue weighted by atomic mass is 32.2. The molecular formula is C18H23N3O2S. The zero-order valence-corrected chi connectivity index (χ0v) is 14.9. The summed E-state index contributed by atoms with van der Waals surface area (Å²) >= 11 is 1.53. The fourth-order valence-electron chi connectivity index (χ4n) is 2.79. The van der Waals surface area contributed by atoms with Crippen molar-refractivity contribution in [3.05, 3.63) is 36.5 Å². The molecule has 0 spiro atoms. The van der Waals surface area contributed by atoms with E-state index in [1.54, 1.807) is 0 Å². The molecule has 0 saturated carbocycles. The number of fused-ring (bicyclic) bond motifs is 1. The van der Waals surface area contributed by atoms with Gasteiger partial charge in [0.15, 0.2) is 0 Å². The summed E-state index contributed by atoms with van der Waals surface area (Å²) in [6.07, 6.45) is 2.93. The molecule has 0 unspecified atom stereocenters. The average Bonchev–Trinajstić information content (AvgIpc) is 2.97. The van der Waals surface area contributed by atoms with Crippen molar-refractivity contribution >= 4 is 34.5 Å². The molecule has 1 aliphatic heterocycles. The van der Waals surface area contributed by atoms with Crippen molar-refractivity contribution in [2.45, 2.75) is 37.6 Å². The van der Waals surface area contributed by atoms with Gasteiger partial charge in [0.05, 0.1) is 4.75 Å². The van der Waals surface area contributed by atoms with Crippen molar-refractivity contribution in [2.24, 2.45) is 0 Å². The number of para-hydroxylation sites is 1. The molecule has 128 valence electrons. The van der Waals surface area contributed by atoms with E-state index < -0.39 is 10.8 Å². The van der Waals surface area contributed by atoms with E-state index in [-0.39, 0.29) is 11.8 Å². The molecule has 0 aliphatic carbocycles. The molecule has 1 aromatic carbocycles. The number of hydrogen-bond acceptors (Lipinski definition) is 3. The van der Waals surface area contributed by atoms with Crippen LogP contribution in [0, 0.1) is 0 Å². The van der Waals surface area contributed by atoms with E-state index in [0.29, 0.717) is 12.3 Å². The Morgan fingerprint density at radius 2 is 2.17 bits per heavy atom. The van der Waals surface area contributed by atoms with Crippen LogP contribution in [0.25, 0.3) is 10.9 Å². The lowest BCUT2D eigenvalue weighted by atomic mass is 10.1. The molecule has 1 fully saturated rings. The lowest BCUT2D eigenvalue weighted by Crippen LogP contribution is -2.57. The summed E-state index contributed by atoms with van der Waals surface area (Å²) in [5.41, 5.74) is 1.21. The van der Waals surface area contributed by atoms with E-state index >= 15 is 0 Å². The van der Waals surface area contributed by atoms with Crippen LogP contribution in [-0.4, -0.2) is 39.5 Å². The van der Waals surface area contributed by atoms with Crippen molar-refractivity contribution in [1.82, 2.24) is 15.2 Å². The molecule has 0 bridgehead atoms. The second-order valence-electron chi connectivity index (χ2n) is 6.56. The third kappa shape index (κ3) is 3.59. The maximum Gasteiger partial charge on any atom is 0.243 e. The third-order valence-electron chi connectivity index (χ3n) is 4.33. The molecule has 3 rings (SSSR count). The zero-order valence-electron chi connectivity index (χ0n) is 14.0. The van der Waals surface area contributed by atoms with Gasteiger partial charge in [0, 0.05) is 30.6 Å². The first-order valence-electron chi connectivity index (χ1n) is 8.24. The minimum atomic E-state index is -0.452. The average molecular weight is 345 g/mol. The highest BCUT2D eigenvalue weighted by Crippen LogP contribution is 2.28. The van der Waals surface area contributed by atoms with Crippen LogP contribution in [0.5, 0.6) is 0 Å². The van der Waals surface area contributed by atoms with E-state index in [2.05, 4.69) is 39.6 Å². The first-order chi connectivity index (χ1) is 11.5. The summed E-state index contributed by atoms with van der Waals surface area (Å²) in [4.78, 5) is 24.1. The summed E-state index contributed by atoms with van der Waals surface area (Å²) in [5.74, 6) is 0.453. The number of carbonyl (C=O) groups excluding carboxylic acids is 2. The Kier molecular flexibility index (Phi) is 4.85. The van der Waals surface area contributed by atoms with Gasteiger partial charge in [0.2, 0.25) is 11.8 Å². The molecule has 2 amide bonds. The zero-order chi connectivity index (χ0) is 17.2. The summed E-state index contributed by atoms with van der Waals surface area (Å²) in [7, 11) is 0. The van der Waals surface area contributed by atoms with Crippen molar-refractivity contribution in [2.75, 3.05) is 12.3 Å². The number of hydrogen-bond donors (Lipinski definition) is 2. The van der Waals surface area contributed by atoms with Crippen LogP contribution in [-0.2, 0) is 16.1 Å². The maximum absolute atomic E-state index is 12.2. The number of rotatable bonds is 5. The van der Waals surface area contributed by atoms with Gasteiger partial charge in [-0.05, 0) is 37.8 Å². The summed E-state index contributed by atoms with van der Waals surface area (Å²) < 4.78 is 1.74. The van der Waals surface area contributed by atoms with Crippen molar-refractivity contribution in [1.29, 1.82) is 0 Å². The smallest absolute Gasteiger partial charge is 0.243 e. The summed E-state index contributed by atoms with van der Waals surface area (Å²) in [5, 5.41) is 6.97. The van der Waals surface area contributed by atoms with Crippen LogP contribution in [0.15, 0.2) is 36.5 Å². The Hall–Kier alpha value is -1.95. The molecule has 6 heteroatoms.